The average molecular weight is 308 g/mol. The van der Waals surface area contributed by atoms with Crippen molar-refractivity contribution < 1.29 is 9.53 Å². The van der Waals surface area contributed by atoms with E-state index in [2.05, 4.69) is 24.1 Å². The molecule has 1 atom stereocenters. The summed E-state index contributed by atoms with van der Waals surface area (Å²) in [6.45, 7) is 6.91. The number of nitrogens with one attached hydrogen (secondary N) is 1. The number of benzene rings is 1. The monoisotopic (exact) mass is 308 g/mol. The van der Waals surface area contributed by atoms with Gasteiger partial charge in [-0.2, -0.15) is 11.8 Å². The Morgan fingerprint density at radius 2 is 2.24 bits per heavy atom. The highest BCUT2D eigenvalue weighted by molar-refractivity contribution is 8.00. The van der Waals surface area contributed by atoms with E-state index in [0.717, 1.165) is 24.5 Å². The van der Waals surface area contributed by atoms with Gasteiger partial charge in [-0.1, -0.05) is 26.0 Å². The molecule has 0 unspecified atom stereocenters. The van der Waals surface area contributed by atoms with E-state index in [9.17, 15) is 4.79 Å². The molecule has 2 rings (SSSR count). The molecule has 0 aromatic heterocycles. The Kier molecular flexibility index (Phi) is 5.94. The molecule has 1 heterocycles. The van der Waals surface area contributed by atoms with Gasteiger partial charge in [0.15, 0.2) is 0 Å². The van der Waals surface area contributed by atoms with Crippen LogP contribution in [-0.2, 0) is 4.79 Å². The number of ether oxygens (including phenoxy) is 1. The first-order valence-corrected chi connectivity index (χ1v) is 8.42. The molecule has 0 saturated carbocycles. The van der Waals surface area contributed by atoms with Crippen molar-refractivity contribution in [2.75, 3.05) is 37.8 Å². The summed E-state index contributed by atoms with van der Waals surface area (Å²) in [4.78, 5) is 14.5. The van der Waals surface area contributed by atoms with Crippen LogP contribution >= 0.6 is 11.8 Å². The van der Waals surface area contributed by atoms with Gasteiger partial charge in [0.2, 0.25) is 5.91 Å². The lowest BCUT2D eigenvalue weighted by molar-refractivity contribution is -0.117. The molecule has 21 heavy (non-hydrogen) atoms. The molecule has 1 aliphatic rings. The maximum atomic E-state index is 12.2. The van der Waals surface area contributed by atoms with Crippen molar-refractivity contribution >= 4 is 23.4 Å². The molecule has 1 saturated heterocycles. The SMILES string of the molecule is COc1ccccc1NC(=O)CN1CCS[C@@H](C(C)C)C1. The number of hydrogen-bond donors (Lipinski definition) is 1. The zero-order valence-electron chi connectivity index (χ0n) is 13.0. The third-order valence-electron chi connectivity index (χ3n) is 3.67. The van der Waals surface area contributed by atoms with Gasteiger partial charge in [0.1, 0.15) is 5.75 Å². The average Bonchev–Trinajstić information content (AvgIpc) is 2.48. The van der Waals surface area contributed by atoms with Crippen LogP contribution in [0, 0.1) is 5.92 Å². The van der Waals surface area contributed by atoms with E-state index in [1.807, 2.05) is 36.0 Å². The van der Waals surface area contributed by atoms with Crippen LogP contribution in [0.5, 0.6) is 5.75 Å². The Morgan fingerprint density at radius 3 is 2.95 bits per heavy atom. The van der Waals surface area contributed by atoms with Gasteiger partial charge in [-0.25, -0.2) is 0 Å². The summed E-state index contributed by atoms with van der Waals surface area (Å²) >= 11 is 2.02. The van der Waals surface area contributed by atoms with E-state index < -0.39 is 0 Å². The number of hydrogen-bond acceptors (Lipinski definition) is 4. The minimum atomic E-state index is 0.0221. The van der Waals surface area contributed by atoms with Crippen molar-refractivity contribution in [3.63, 3.8) is 0 Å². The van der Waals surface area contributed by atoms with Gasteiger partial charge in [0.05, 0.1) is 19.3 Å². The molecule has 0 radical (unpaired) electrons. The number of methoxy groups -OCH3 is 1. The maximum absolute atomic E-state index is 12.2. The van der Waals surface area contributed by atoms with Crippen LogP contribution in [-0.4, -0.2) is 48.6 Å². The van der Waals surface area contributed by atoms with Crippen molar-refractivity contribution in [2.45, 2.75) is 19.1 Å². The second kappa shape index (κ2) is 7.71. The molecule has 4 nitrogen and oxygen atoms in total. The van der Waals surface area contributed by atoms with Crippen LogP contribution < -0.4 is 10.1 Å². The molecule has 5 heteroatoms. The van der Waals surface area contributed by atoms with Crippen LogP contribution in [0.15, 0.2) is 24.3 Å². The Bertz CT molecular complexity index is 479. The highest BCUT2D eigenvalue weighted by atomic mass is 32.2. The van der Waals surface area contributed by atoms with Crippen molar-refractivity contribution in [1.82, 2.24) is 4.90 Å². The summed E-state index contributed by atoms with van der Waals surface area (Å²) in [5.74, 6) is 2.47. The molecule has 0 aliphatic carbocycles. The largest absolute Gasteiger partial charge is 0.495 e. The van der Waals surface area contributed by atoms with E-state index in [0.29, 0.717) is 23.5 Å². The van der Waals surface area contributed by atoms with E-state index in [1.54, 1.807) is 7.11 Å². The predicted molar refractivity (Wildman–Crippen MR) is 89.1 cm³/mol. The fraction of sp³-hybridized carbons (Fsp3) is 0.562. The molecule has 0 spiro atoms. The molecule has 1 aromatic rings. The van der Waals surface area contributed by atoms with Crippen molar-refractivity contribution in [1.29, 1.82) is 0 Å². The third kappa shape index (κ3) is 4.64. The van der Waals surface area contributed by atoms with Gasteiger partial charge in [-0.05, 0) is 18.1 Å². The topological polar surface area (TPSA) is 41.6 Å². The van der Waals surface area contributed by atoms with Crippen LogP contribution in [0.1, 0.15) is 13.8 Å². The fourth-order valence-electron chi connectivity index (χ4n) is 2.42. The number of rotatable bonds is 5. The number of para-hydroxylation sites is 2. The lowest BCUT2D eigenvalue weighted by atomic mass is 10.1. The highest BCUT2D eigenvalue weighted by Gasteiger charge is 2.24. The first kappa shape index (κ1) is 16.2. The van der Waals surface area contributed by atoms with Gasteiger partial charge < -0.3 is 10.1 Å². The minimum Gasteiger partial charge on any atom is -0.495 e. The number of carbonyl (C=O) groups is 1. The predicted octanol–water partition coefficient (Wildman–Crippen LogP) is 2.71. The minimum absolute atomic E-state index is 0.0221. The summed E-state index contributed by atoms with van der Waals surface area (Å²) in [5.41, 5.74) is 0.733. The normalized spacial score (nSPS) is 19.5. The Hall–Kier alpha value is -1.20. The lowest BCUT2D eigenvalue weighted by Gasteiger charge is -2.33. The van der Waals surface area contributed by atoms with Crippen molar-refractivity contribution in [3.05, 3.63) is 24.3 Å². The van der Waals surface area contributed by atoms with Gasteiger partial charge in [-0.3, -0.25) is 9.69 Å². The lowest BCUT2D eigenvalue weighted by Crippen LogP contribution is -2.43. The van der Waals surface area contributed by atoms with Crippen LogP contribution in [0.3, 0.4) is 0 Å². The molecule has 0 bridgehead atoms. The summed E-state index contributed by atoms with van der Waals surface area (Å²) in [6.07, 6.45) is 0. The van der Waals surface area contributed by atoms with Crippen LogP contribution in [0.25, 0.3) is 0 Å². The number of nitrogens with zero attached hydrogens (tertiary/aromatic N) is 1. The van der Waals surface area contributed by atoms with Crippen LogP contribution in [0.4, 0.5) is 5.69 Å². The van der Waals surface area contributed by atoms with Crippen molar-refractivity contribution in [2.24, 2.45) is 5.92 Å². The summed E-state index contributed by atoms with van der Waals surface area (Å²) in [7, 11) is 1.61. The Morgan fingerprint density at radius 1 is 1.48 bits per heavy atom. The molecular weight excluding hydrogens is 284 g/mol. The van der Waals surface area contributed by atoms with Crippen molar-refractivity contribution in [3.8, 4) is 5.75 Å². The number of thioether (sulfide) groups is 1. The third-order valence-corrected chi connectivity index (χ3v) is 5.21. The Balaban J connectivity index is 1.89. The molecule has 116 valence electrons. The molecular formula is C16H24N2O2S. The maximum Gasteiger partial charge on any atom is 0.238 e. The molecule has 1 aromatic carbocycles. The number of amides is 1. The quantitative estimate of drug-likeness (QED) is 0.908. The number of anilines is 1. The van der Waals surface area contributed by atoms with Gasteiger partial charge in [0.25, 0.3) is 0 Å². The Labute approximate surface area is 131 Å². The smallest absolute Gasteiger partial charge is 0.238 e. The van der Waals surface area contributed by atoms with Gasteiger partial charge >= 0.3 is 0 Å². The zero-order valence-corrected chi connectivity index (χ0v) is 13.8. The second-order valence-corrected chi connectivity index (χ2v) is 6.98. The fourth-order valence-corrected chi connectivity index (χ4v) is 3.79. The highest BCUT2D eigenvalue weighted by Crippen LogP contribution is 2.25. The van der Waals surface area contributed by atoms with E-state index in [1.165, 1.54) is 0 Å². The standard InChI is InChI=1S/C16H24N2O2S/c1-12(2)15-10-18(8-9-21-15)11-16(19)17-13-6-4-5-7-14(13)20-3/h4-7,12,15H,8-11H2,1-3H3,(H,17,19)/t15-/m1/s1. The molecule has 1 aliphatic heterocycles. The van der Waals surface area contributed by atoms with E-state index in [4.69, 9.17) is 4.74 Å². The van der Waals surface area contributed by atoms with Crippen LogP contribution in [0.2, 0.25) is 0 Å². The first-order valence-electron chi connectivity index (χ1n) is 7.37. The zero-order chi connectivity index (χ0) is 15.2. The van der Waals surface area contributed by atoms with E-state index >= 15 is 0 Å². The molecule has 1 fully saturated rings. The summed E-state index contributed by atoms with van der Waals surface area (Å²) in [5, 5.41) is 3.56. The summed E-state index contributed by atoms with van der Waals surface area (Å²) in [6, 6.07) is 7.50. The first-order chi connectivity index (χ1) is 10.1. The molecule has 1 amide bonds. The summed E-state index contributed by atoms with van der Waals surface area (Å²) < 4.78 is 5.25. The van der Waals surface area contributed by atoms with E-state index in [-0.39, 0.29) is 5.91 Å². The molecule has 1 N–H and O–H groups in total. The van der Waals surface area contributed by atoms with Gasteiger partial charge in [0, 0.05) is 24.1 Å². The second-order valence-electron chi connectivity index (χ2n) is 5.64. The van der Waals surface area contributed by atoms with Gasteiger partial charge in [-0.15, -0.1) is 0 Å². The number of carbonyl (C=O) groups excluding carboxylic acids is 1.